The van der Waals surface area contributed by atoms with Crippen molar-refractivity contribution in [3.05, 3.63) is 29.8 Å². The zero-order chi connectivity index (χ0) is 88.5. The Labute approximate surface area is 677 Å². The second-order valence-electron chi connectivity index (χ2n) is 34.1. The highest BCUT2D eigenvalue weighted by Gasteiger charge is 2.41. The maximum atomic E-state index is 14.7. The summed E-state index contributed by atoms with van der Waals surface area (Å²) in [6, 6.07) is -14.8. The molecule has 0 fully saturated rings. The molecule has 35 heteroatoms. The summed E-state index contributed by atoms with van der Waals surface area (Å²) >= 11 is 0. The summed E-state index contributed by atoms with van der Waals surface area (Å²) in [5, 5.41) is 80.4. The SMILES string of the molecule is CC(C)CC(NC=O)C(=O)NC(C)C(=O)NC(CC(C)C)C(=O)NC(C(=O)NC(Cc1ccc(O)cc1)C(=O)NC(CC(C)C)C(=O)NC(C(=O)NC(C(=O)NC(C(=O)NC(CC(C)C)C(=O)NC(C(=O)NC(CO)C(=O)NC(CC(C)C)C(=O)NC(C(=O)NC(C(=O)O)C(C)C)C(C)C)C(C)C)C(C)C)C(C)O)C(C)C)C(C)C. The number of carbonyl (C=O) groups is 16. The van der Waals surface area contributed by atoms with Crippen molar-refractivity contribution in [2.24, 2.45) is 65.1 Å². The summed E-state index contributed by atoms with van der Waals surface area (Å²) in [5.74, 6) is -18.2. The molecule has 0 spiro atoms. The van der Waals surface area contributed by atoms with Crippen LogP contribution in [0.15, 0.2) is 24.3 Å². The van der Waals surface area contributed by atoms with Crippen LogP contribution in [-0.4, -0.2) is 219 Å². The standard InChI is InChI=1S/C80H137N15O20/c1-37(2)29-52(81-36-97)67(101)82-48(23)66(100)83-53(30-38(3)4)69(103)89-59(42(11)12)74(108)87-57(34-50-25-27-51(99)28-26-50)68(102)84-54(31-39(5)6)70(104)92-63(46(19)20)78(112)95-65(49(24)98)79(113)93-61(44(15)16)75(109)86-56(33-41(9)10)72(106)90-60(43(13)14)76(110)88-58(35-96)73(107)85-55(32-40(7)8)71(105)91-62(45(17)18)77(111)94-64(47(21)22)80(114)115/h25-28,36-49,52-65,96,98-99H,29-35H2,1-24H3,(H,81,97)(H,82,101)(H,83,100)(H,84,102)(H,85,107)(H,86,109)(H,87,108)(H,88,110)(H,89,103)(H,90,106)(H,91,105)(H,92,104)(H,93,113)(H,94,111)(H,95,112)(H,114,115). The van der Waals surface area contributed by atoms with E-state index >= 15 is 0 Å². The van der Waals surface area contributed by atoms with Gasteiger partial charge in [0.1, 0.15) is 96.4 Å². The quantitative estimate of drug-likeness (QED) is 0.0395. The van der Waals surface area contributed by atoms with Gasteiger partial charge in [0.05, 0.1) is 12.7 Å². The van der Waals surface area contributed by atoms with Crippen LogP contribution in [-0.2, 0) is 83.1 Å². The van der Waals surface area contributed by atoms with Crippen LogP contribution >= 0.6 is 0 Å². The van der Waals surface area contributed by atoms with E-state index in [-0.39, 0.29) is 73.9 Å². The number of hydrogen-bond donors (Lipinski definition) is 19. The molecule has 652 valence electrons. The molecule has 16 atom stereocenters. The first kappa shape index (κ1) is 103. The number of aliphatic carboxylic acids is 1. The molecule has 15 amide bonds. The van der Waals surface area contributed by atoms with E-state index in [4.69, 9.17) is 0 Å². The summed E-state index contributed by atoms with van der Waals surface area (Å²) in [5.41, 5.74) is 0.449. The average Bonchev–Trinajstić information content (AvgIpc) is 0.914. The Morgan fingerprint density at radius 1 is 0.296 bits per heavy atom. The van der Waals surface area contributed by atoms with Crippen LogP contribution in [0.3, 0.4) is 0 Å². The molecule has 0 heterocycles. The van der Waals surface area contributed by atoms with Gasteiger partial charge in [0.25, 0.3) is 0 Å². The lowest BCUT2D eigenvalue weighted by Crippen LogP contribution is -2.63. The molecule has 0 aliphatic heterocycles. The molecular formula is C80H137N15O20. The maximum absolute atomic E-state index is 14.7. The van der Waals surface area contributed by atoms with Gasteiger partial charge in [0.2, 0.25) is 89.1 Å². The van der Waals surface area contributed by atoms with Crippen molar-refractivity contribution < 1.29 is 97.1 Å². The van der Waals surface area contributed by atoms with E-state index in [2.05, 4.69) is 79.8 Å². The van der Waals surface area contributed by atoms with Gasteiger partial charge < -0.3 is 100 Å². The molecule has 1 rings (SSSR count). The van der Waals surface area contributed by atoms with Crippen LogP contribution in [0, 0.1) is 65.1 Å². The number of hydrogen-bond acceptors (Lipinski definition) is 19. The fourth-order valence-electron chi connectivity index (χ4n) is 12.2. The van der Waals surface area contributed by atoms with Crippen LogP contribution in [0.5, 0.6) is 5.75 Å². The number of carboxylic acids is 1. The molecule has 0 bridgehead atoms. The lowest BCUT2D eigenvalue weighted by Gasteiger charge is -2.31. The molecule has 0 aliphatic rings. The van der Waals surface area contributed by atoms with Gasteiger partial charge >= 0.3 is 5.97 Å². The third-order valence-electron chi connectivity index (χ3n) is 18.8. The molecule has 1 aromatic carbocycles. The molecule has 0 saturated heterocycles. The van der Waals surface area contributed by atoms with Gasteiger partial charge in [-0.05, 0) is 129 Å². The molecule has 0 radical (unpaired) electrons. The Morgan fingerprint density at radius 2 is 0.530 bits per heavy atom. The van der Waals surface area contributed by atoms with Gasteiger partial charge in [-0.25, -0.2) is 4.79 Å². The summed E-state index contributed by atoms with van der Waals surface area (Å²) < 4.78 is 0. The number of carboxylic acid groups (broad SMARTS) is 1. The van der Waals surface area contributed by atoms with Crippen molar-refractivity contribution in [2.45, 2.75) is 301 Å². The third kappa shape index (κ3) is 36.4. The normalized spacial score (nSPS) is 15.9. The van der Waals surface area contributed by atoms with Gasteiger partial charge in [-0.2, -0.15) is 0 Å². The Kier molecular flexibility index (Phi) is 45.0. The number of phenols is 1. The smallest absolute Gasteiger partial charge is 0.326 e. The van der Waals surface area contributed by atoms with E-state index in [9.17, 15) is 97.1 Å². The molecule has 35 nitrogen and oxygen atoms in total. The number of nitrogens with one attached hydrogen (secondary N) is 15. The number of carbonyl (C=O) groups excluding carboxylic acids is 15. The van der Waals surface area contributed by atoms with Crippen LogP contribution in [0.2, 0.25) is 0 Å². The van der Waals surface area contributed by atoms with E-state index in [0.29, 0.717) is 12.0 Å². The van der Waals surface area contributed by atoms with E-state index in [0.717, 1.165) is 0 Å². The van der Waals surface area contributed by atoms with Crippen molar-refractivity contribution in [3.63, 3.8) is 0 Å². The van der Waals surface area contributed by atoms with Crippen LogP contribution < -0.4 is 79.8 Å². The number of aliphatic hydroxyl groups excluding tert-OH is 2. The first-order valence-electron chi connectivity index (χ1n) is 40.0. The molecule has 16 unspecified atom stereocenters. The Balaban J connectivity index is 3.56. The maximum Gasteiger partial charge on any atom is 0.326 e. The van der Waals surface area contributed by atoms with Crippen LogP contribution in [0.1, 0.15) is 204 Å². The molecular weight excluding hydrogens is 1490 g/mol. The Bertz CT molecular complexity index is 3400. The molecule has 19 N–H and O–H groups in total. The summed E-state index contributed by atoms with van der Waals surface area (Å²) in [6.07, 6.45) is -1.12. The van der Waals surface area contributed by atoms with Gasteiger partial charge in [0.15, 0.2) is 0 Å². The number of aliphatic hydroxyl groups is 2. The lowest BCUT2D eigenvalue weighted by molar-refractivity contribution is -0.144. The van der Waals surface area contributed by atoms with Crippen molar-refractivity contribution >= 4 is 95.1 Å². The van der Waals surface area contributed by atoms with Gasteiger partial charge in [0, 0.05) is 6.42 Å². The monoisotopic (exact) mass is 1630 g/mol. The highest BCUT2D eigenvalue weighted by atomic mass is 16.4. The number of benzene rings is 1. The molecule has 115 heavy (non-hydrogen) atoms. The van der Waals surface area contributed by atoms with Gasteiger partial charge in [-0.1, -0.05) is 164 Å². The minimum absolute atomic E-state index is 0.0147. The van der Waals surface area contributed by atoms with Gasteiger partial charge in [-0.3, -0.25) is 71.9 Å². The van der Waals surface area contributed by atoms with Crippen LogP contribution in [0.25, 0.3) is 0 Å². The van der Waals surface area contributed by atoms with Crippen molar-refractivity contribution in [1.82, 2.24) is 79.8 Å². The van der Waals surface area contributed by atoms with E-state index in [1.807, 2.05) is 13.8 Å². The first-order valence-corrected chi connectivity index (χ1v) is 40.0. The molecule has 0 aliphatic carbocycles. The second kappa shape index (κ2) is 50.1. The molecule has 1 aromatic rings. The zero-order valence-corrected chi connectivity index (χ0v) is 71.7. The highest BCUT2D eigenvalue weighted by molar-refractivity contribution is 6.01. The second-order valence-corrected chi connectivity index (χ2v) is 34.1. The topological polar surface area (TPSA) is 534 Å². The molecule has 0 aromatic heterocycles. The van der Waals surface area contributed by atoms with Crippen molar-refractivity contribution in [3.8, 4) is 5.75 Å². The number of rotatable bonds is 51. The zero-order valence-electron chi connectivity index (χ0n) is 71.7. The summed E-state index contributed by atoms with van der Waals surface area (Å²) in [6.45, 7) is 38.7. The predicted octanol–water partition coefficient (Wildman–Crippen LogP) is 0.481. The molecule has 0 saturated carbocycles. The Morgan fingerprint density at radius 3 is 0.826 bits per heavy atom. The Hall–Kier alpha value is -9.54. The van der Waals surface area contributed by atoms with Gasteiger partial charge in [-0.15, -0.1) is 0 Å². The van der Waals surface area contributed by atoms with Crippen LogP contribution in [0.4, 0.5) is 0 Å². The van der Waals surface area contributed by atoms with Crippen molar-refractivity contribution in [1.29, 1.82) is 0 Å². The fourth-order valence-corrected chi connectivity index (χ4v) is 12.2. The van der Waals surface area contributed by atoms with E-state index in [1.165, 1.54) is 38.1 Å². The van der Waals surface area contributed by atoms with E-state index < -0.39 is 228 Å². The lowest BCUT2D eigenvalue weighted by atomic mass is 9.97. The summed E-state index contributed by atoms with van der Waals surface area (Å²) in [4.78, 5) is 221. The predicted molar refractivity (Wildman–Crippen MR) is 430 cm³/mol. The first-order chi connectivity index (χ1) is 53.3. The third-order valence-corrected chi connectivity index (χ3v) is 18.8. The van der Waals surface area contributed by atoms with E-state index in [1.54, 1.807) is 138 Å². The largest absolute Gasteiger partial charge is 0.508 e. The van der Waals surface area contributed by atoms with Crippen molar-refractivity contribution in [2.75, 3.05) is 6.61 Å². The fraction of sp³-hybridized carbons (Fsp3) is 0.725. The number of amides is 15. The minimum Gasteiger partial charge on any atom is -0.508 e. The minimum atomic E-state index is -1.79. The average molecular weight is 1630 g/mol. The number of phenolic OH excluding ortho intramolecular Hbond substituents is 1. The summed E-state index contributed by atoms with van der Waals surface area (Å²) in [7, 11) is 0. The number of aromatic hydroxyl groups is 1. The highest BCUT2D eigenvalue weighted by Crippen LogP contribution is 2.19.